The van der Waals surface area contributed by atoms with Crippen LogP contribution in [0.1, 0.15) is 38.5 Å². The molecule has 0 heterocycles. The molecule has 21 heavy (non-hydrogen) atoms. The van der Waals surface area contributed by atoms with Crippen molar-refractivity contribution in [3.05, 3.63) is 0 Å². The van der Waals surface area contributed by atoms with E-state index in [0.29, 0.717) is 0 Å². The number of carboxylic acid groups (broad SMARTS) is 1. The first-order valence-electron chi connectivity index (χ1n) is 6.99. The van der Waals surface area contributed by atoms with Gasteiger partial charge in [-0.05, 0) is 25.2 Å². The van der Waals surface area contributed by atoms with Crippen molar-refractivity contribution in [3.8, 4) is 0 Å². The minimum atomic E-state index is -3.72. The molecule has 9 heteroatoms. The van der Waals surface area contributed by atoms with Crippen LogP contribution in [0.5, 0.6) is 0 Å². The average Bonchev–Trinajstić information content (AvgIpc) is 2.33. The van der Waals surface area contributed by atoms with Gasteiger partial charge in [-0.2, -0.15) is 0 Å². The monoisotopic (exact) mass is 341 g/mol. The summed E-state index contributed by atoms with van der Waals surface area (Å²) in [6.07, 6.45) is 5.49. The van der Waals surface area contributed by atoms with E-state index in [1.165, 1.54) is 0 Å². The highest BCUT2D eigenvalue weighted by molar-refractivity contribution is 7.90. The Morgan fingerprint density at radius 2 is 1.76 bits per heavy atom. The third-order valence-corrected chi connectivity index (χ3v) is 6.11. The number of sulfone groups is 1. The van der Waals surface area contributed by atoms with Gasteiger partial charge in [0.05, 0.1) is 11.5 Å². The van der Waals surface area contributed by atoms with Gasteiger partial charge in [0.15, 0.2) is 0 Å². The van der Waals surface area contributed by atoms with Gasteiger partial charge < -0.3 is 5.11 Å². The molecule has 0 radical (unpaired) electrons. The lowest BCUT2D eigenvalue weighted by molar-refractivity contribution is -0.139. The molecule has 1 aliphatic rings. The van der Waals surface area contributed by atoms with E-state index >= 15 is 0 Å². The Hall–Kier alpha value is -0.670. The highest BCUT2D eigenvalue weighted by Crippen LogP contribution is 2.24. The Morgan fingerprint density at radius 3 is 2.24 bits per heavy atom. The van der Waals surface area contributed by atoms with Crippen LogP contribution in [0.15, 0.2) is 0 Å². The molecule has 0 saturated heterocycles. The first kappa shape index (κ1) is 18.4. The fourth-order valence-corrected chi connectivity index (χ4v) is 4.86. The van der Waals surface area contributed by atoms with E-state index in [9.17, 15) is 21.6 Å². The molecule has 0 aliphatic heterocycles. The van der Waals surface area contributed by atoms with Crippen LogP contribution in [-0.4, -0.2) is 51.7 Å². The number of hydrogen-bond donors (Lipinski definition) is 2. The zero-order chi connectivity index (χ0) is 16.1. The fourth-order valence-electron chi connectivity index (χ4n) is 2.49. The molecule has 1 rings (SSSR count). The van der Waals surface area contributed by atoms with Crippen LogP contribution in [0.3, 0.4) is 0 Å². The quantitative estimate of drug-likeness (QED) is 0.659. The third kappa shape index (κ3) is 7.77. The number of aliphatic carboxylic acids is 1. The van der Waals surface area contributed by atoms with Crippen LogP contribution in [0.2, 0.25) is 0 Å². The summed E-state index contributed by atoms with van der Waals surface area (Å²) in [5, 5.41) is 9.02. The second-order valence-corrected chi connectivity index (χ2v) is 9.77. The molecule has 0 aromatic heterocycles. The number of sulfonamides is 1. The maximum atomic E-state index is 12.0. The van der Waals surface area contributed by atoms with Crippen molar-refractivity contribution in [2.24, 2.45) is 5.92 Å². The molecule has 1 fully saturated rings. The van der Waals surface area contributed by atoms with Crippen molar-refractivity contribution < 1.29 is 26.7 Å². The molecule has 1 unspecified atom stereocenters. The minimum Gasteiger partial charge on any atom is -0.480 e. The van der Waals surface area contributed by atoms with E-state index < -0.39 is 31.9 Å². The van der Waals surface area contributed by atoms with E-state index in [0.717, 1.165) is 38.4 Å². The van der Waals surface area contributed by atoms with Crippen molar-refractivity contribution in [1.82, 2.24) is 4.72 Å². The van der Waals surface area contributed by atoms with Gasteiger partial charge in [0.25, 0.3) is 0 Å². The minimum absolute atomic E-state index is 0.0561. The second-order valence-electron chi connectivity index (χ2n) is 5.71. The first-order valence-corrected chi connectivity index (χ1v) is 10.7. The van der Waals surface area contributed by atoms with Gasteiger partial charge in [-0.15, -0.1) is 0 Å². The number of carbonyl (C=O) groups is 1. The molecule has 0 aromatic rings. The van der Waals surface area contributed by atoms with Gasteiger partial charge >= 0.3 is 5.97 Å². The van der Waals surface area contributed by atoms with Gasteiger partial charge in [-0.25, -0.2) is 21.6 Å². The maximum absolute atomic E-state index is 12.0. The Labute approximate surface area is 126 Å². The zero-order valence-electron chi connectivity index (χ0n) is 12.1. The van der Waals surface area contributed by atoms with Crippen LogP contribution in [0, 0.1) is 5.92 Å². The van der Waals surface area contributed by atoms with Crippen molar-refractivity contribution in [1.29, 1.82) is 0 Å². The normalized spacial score (nSPS) is 19.3. The first-order chi connectivity index (χ1) is 9.59. The molecule has 0 spiro atoms. The summed E-state index contributed by atoms with van der Waals surface area (Å²) in [6, 6.07) is -1.40. The smallest absolute Gasteiger partial charge is 0.321 e. The Morgan fingerprint density at radius 1 is 1.19 bits per heavy atom. The molecule has 2 N–H and O–H groups in total. The molecule has 1 saturated carbocycles. The van der Waals surface area contributed by atoms with Crippen LogP contribution >= 0.6 is 0 Å². The summed E-state index contributed by atoms with van der Waals surface area (Å²) in [4.78, 5) is 11.1. The van der Waals surface area contributed by atoms with Crippen LogP contribution in [-0.2, 0) is 24.7 Å². The highest BCUT2D eigenvalue weighted by Gasteiger charge is 2.28. The number of hydrogen-bond acceptors (Lipinski definition) is 5. The van der Waals surface area contributed by atoms with Crippen LogP contribution in [0.4, 0.5) is 0 Å². The lowest BCUT2D eigenvalue weighted by atomic mass is 9.91. The molecular formula is C12H23NO6S2. The Balaban J connectivity index is 2.61. The maximum Gasteiger partial charge on any atom is 0.321 e. The summed E-state index contributed by atoms with van der Waals surface area (Å²) in [6.45, 7) is 0. The van der Waals surface area contributed by atoms with Gasteiger partial charge in [-0.3, -0.25) is 4.79 Å². The van der Waals surface area contributed by atoms with Gasteiger partial charge in [0, 0.05) is 6.26 Å². The molecule has 1 aliphatic carbocycles. The summed E-state index contributed by atoms with van der Waals surface area (Å²) in [5.41, 5.74) is 0. The van der Waals surface area contributed by atoms with Gasteiger partial charge in [0.1, 0.15) is 15.9 Å². The Bertz CT molecular complexity index is 548. The van der Waals surface area contributed by atoms with E-state index in [-0.39, 0.29) is 23.8 Å². The standard InChI is InChI=1S/C12H23NO6S2/c1-20(16,17)8-7-11(12(14)15)13-21(18,19)9-10-5-3-2-4-6-10/h10-11,13H,2-9H2,1H3,(H,14,15). The van der Waals surface area contributed by atoms with E-state index in [1.54, 1.807) is 0 Å². The van der Waals surface area contributed by atoms with Crippen molar-refractivity contribution in [2.75, 3.05) is 17.8 Å². The van der Waals surface area contributed by atoms with Gasteiger partial charge in [0.2, 0.25) is 10.0 Å². The topological polar surface area (TPSA) is 118 Å². The fraction of sp³-hybridized carbons (Fsp3) is 0.917. The molecule has 1 atom stereocenters. The van der Waals surface area contributed by atoms with E-state index in [4.69, 9.17) is 5.11 Å². The van der Waals surface area contributed by atoms with E-state index in [1.807, 2.05) is 0 Å². The molecule has 124 valence electrons. The van der Waals surface area contributed by atoms with Crippen molar-refractivity contribution in [3.63, 3.8) is 0 Å². The largest absolute Gasteiger partial charge is 0.480 e. The molecule has 0 bridgehead atoms. The SMILES string of the molecule is CS(=O)(=O)CCC(NS(=O)(=O)CC1CCCCC1)C(=O)O. The number of carboxylic acids is 1. The van der Waals surface area contributed by atoms with E-state index in [2.05, 4.69) is 4.72 Å². The molecule has 0 aromatic carbocycles. The van der Waals surface area contributed by atoms with Crippen LogP contribution < -0.4 is 4.72 Å². The Kier molecular flexibility index (Phi) is 6.61. The second kappa shape index (κ2) is 7.55. The lowest BCUT2D eigenvalue weighted by Gasteiger charge is -2.22. The summed E-state index contributed by atoms with van der Waals surface area (Å²) in [5.74, 6) is -1.75. The zero-order valence-corrected chi connectivity index (χ0v) is 13.7. The van der Waals surface area contributed by atoms with Crippen LogP contribution in [0.25, 0.3) is 0 Å². The van der Waals surface area contributed by atoms with Crippen molar-refractivity contribution >= 4 is 25.8 Å². The third-order valence-electron chi connectivity index (χ3n) is 3.58. The molecule has 0 amide bonds. The van der Waals surface area contributed by atoms with Crippen molar-refractivity contribution in [2.45, 2.75) is 44.6 Å². The average molecular weight is 341 g/mol. The van der Waals surface area contributed by atoms with Gasteiger partial charge in [-0.1, -0.05) is 19.3 Å². The lowest BCUT2D eigenvalue weighted by Crippen LogP contribution is -2.44. The number of nitrogens with one attached hydrogen (secondary N) is 1. The predicted octanol–water partition coefficient (Wildman–Crippen LogP) is 0.374. The summed E-state index contributed by atoms with van der Waals surface area (Å²) >= 11 is 0. The predicted molar refractivity (Wildman–Crippen MR) is 79.2 cm³/mol. The summed E-state index contributed by atoms with van der Waals surface area (Å²) < 4.78 is 48.3. The molecule has 7 nitrogen and oxygen atoms in total. The highest BCUT2D eigenvalue weighted by atomic mass is 32.2. The number of rotatable bonds is 8. The molecular weight excluding hydrogens is 318 g/mol. The summed E-state index contributed by atoms with van der Waals surface area (Å²) in [7, 11) is -7.05.